The van der Waals surface area contributed by atoms with Crippen molar-refractivity contribution in [2.24, 2.45) is 0 Å². The van der Waals surface area contributed by atoms with Gasteiger partial charge in [-0.25, -0.2) is 15.0 Å². The van der Waals surface area contributed by atoms with Crippen LogP contribution in [0.1, 0.15) is 54.9 Å². The quantitative estimate of drug-likeness (QED) is 0.501. The van der Waals surface area contributed by atoms with Crippen molar-refractivity contribution in [3.63, 3.8) is 0 Å². The molecular formula is C24H28N4O2. The Balaban J connectivity index is 1.84. The molecule has 0 aliphatic heterocycles. The summed E-state index contributed by atoms with van der Waals surface area (Å²) in [4.78, 5) is 25.7. The topological polar surface area (TPSA) is 77.0 Å². The summed E-state index contributed by atoms with van der Waals surface area (Å²) in [6, 6.07) is 11.1. The van der Waals surface area contributed by atoms with Crippen LogP contribution in [0.15, 0.2) is 48.8 Å². The first-order chi connectivity index (χ1) is 14.6. The molecule has 3 rings (SSSR count). The molecule has 1 N–H and O–H groups in total. The van der Waals surface area contributed by atoms with Gasteiger partial charge < -0.3 is 10.1 Å². The molecule has 0 aliphatic rings. The maximum Gasteiger partial charge on any atom is 0.251 e. The molecule has 1 aromatic carbocycles. The molecule has 156 valence electrons. The average molecular weight is 405 g/mol. The Labute approximate surface area is 177 Å². The third kappa shape index (κ3) is 5.41. The molecule has 0 radical (unpaired) electrons. The first kappa shape index (κ1) is 21.4. The van der Waals surface area contributed by atoms with Crippen LogP contribution in [0.4, 0.5) is 0 Å². The summed E-state index contributed by atoms with van der Waals surface area (Å²) in [6.45, 7) is 6.78. The molecular weight excluding hydrogens is 376 g/mol. The van der Waals surface area contributed by atoms with Crippen LogP contribution in [0, 0.1) is 6.92 Å². The van der Waals surface area contributed by atoms with Crippen LogP contribution in [0.5, 0.6) is 11.6 Å². The fourth-order valence-corrected chi connectivity index (χ4v) is 3.02. The van der Waals surface area contributed by atoms with Crippen LogP contribution in [0.3, 0.4) is 0 Å². The Kier molecular flexibility index (Phi) is 7.49. The van der Waals surface area contributed by atoms with Gasteiger partial charge in [0, 0.05) is 30.9 Å². The standard InChI is InChI=1S/C24H28N4O2/c1-4-6-7-13-26-23(29)18-11-10-17(3)21(16-18)30-24-19(9-8-14-27-24)20-12-15-25-22(5-2)28-20/h8-12,14-16H,4-7,13H2,1-3H3,(H,26,29). The van der Waals surface area contributed by atoms with Gasteiger partial charge in [-0.1, -0.05) is 32.8 Å². The second-order valence-electron chi connectivity index (χ2n) is 7.11. The third-order valence-electron chi connectivity index (χ3n) is 4.79. The SMILES string of the molecule is CCCCCNC(=O)c1ccc(C)c(Oc2ncccc2-c2ccnc(CC)n2)c1. The number of carbonyl (C=O) groups excluding carboxylic acids is 1. The molecule has 2 aromatic heterocycles. The first-order valence-electron chi connectivity index (χ1n) is 10.5. The number of unbranched alkanes of at least 4 members (excludes halogenated alkanes) is 2. The second-order valence-corrected chi connectivity index (χ2v) is 7.11. The monoisotopic (exact) mass is 404 g/mol. The summed E-state index contributed by atoms with van der Waals surface area (Å²) in [5, 5.41) is 2.97. The van der Waals surface area contributed by atoms with Gasteiger partial charge in [-0.05, 0) is 49.2 Å². The van der Waals surface area contributed by atoms with E-state index in [1.165, 1.54) is 0 Å². The van der Waals surface area contributed by atoms with E-state index in [2.05, 4.69) is 27.2 Å². The van der Waals surface area contributed by atoms with Crippen molar-refractivity contribution in [2.75, 3.05) is 6.54 Å². The first-order valence-corrected chi connectivity index (χ1v) is 10.5. The molecule has 0 fully saturated rings. The summed E-state index contributed by atoms with van der Waals surface area (Å²) < 4.78 is 6.15. The van der Waals surface area contributed by atoms with Crippen molar-refractivity contribution in [3.8, 4) is 22.9 Å². The second kappa shape index (κ2) is 10.5. The van der Waals surface area contributed by atoms with Crippen molar-refractivity contribution in [3.05, 3.63) is 65.7 Å². The van der Waals surface area contributed by atoms with E-state index in [4.69, 9.17) is 4.74 Å². The van der Waals surface area contributed by atoms with Crippen LogP contribution in [-0.4, -0.2) is 27.4 Å². The van der Waals surface area contributed by atoms with Crippen molar-refractivity contribution < 1.29 is 9.53 Å². The molecule has 0 saturated carbocycles. The van der Waals surface area contributed by atoms with E-state index in [1.54, 1.807) is 18.5 Å². The van der Waals surface area contributed by atoms with E-state index >= 15 is 0 Å². The number of ether oxygens (including phenoxy) is 1. The zero-order chi connectivity index (χ0) is 21.3. The van der Waals surface area contributed by atoms with Gasteiger partial charge in [-0.3, -0.25) is 4.79 Å². The number of pyridine rings is 1. The smallest absolute Gasteiger partial charge is 0.251 e. The van der Waals surface area contributed by atoms with Gasteiger partial charge in [0.25, 0.3) is 5.91 Å². The number of aromatic nitrogens is 3. The molecule has 1 amide bonds. The number of hydrogen-bond donors (Lipinski definition) is 1. The summed E-state index contributed by atoms with van der Waals surface area (Å²) in [7, 11) is 0. The maximum atomic E-state index is 12.5. The summed E-state index contributed by atoms with van der Waals surface area (Å²) in [5.41, 5.74) is 3.03. The van der Waals surface area contributed by atoms with E-state index in [-0.39, 0.29) is 5.91 Å². The number of rotatable bonds is 9. The van der Waals surface area contributed by atoms with Crippen molar-refractivity contribution in [1.82, 2.24) is 20.3 Å². The van der Waals surface area contributed by atoms with E-state index in [1.807, 2.05) is 44.2 Å². The molecule has 0 saturated heterocycles. The Morgan fingerprint density at radius 2 is 1.93 bits per heavy atom. The van der Waals surface area contributed by atoms with Crippen LogP contribution >= 0.6 is 0 Å². The summed E-state index contributed by atoms with van der Waals surface area (Å²) >= 11 is 0. The lowest BCUT2D eigenvalue weighted by Gasteiger charge is -2.13. The van der Waals surface area contributed by atoms with Gasteiger partial charge in [0.05, 0.1) is 11.3 Å². The molecule has 30 heavy (non-hydrogen) atoms. The molecule has 0 bridgehead atoms. The highest BCUT2D eigenvalue weighted by Gasteiger charge is 2.14. The number of aryl methyl sites for hydroxylation is 2. The Hall–Kier alpha value is -3.28. The molecule has 0 aliphatic carbocycles. The predicted octanol–water partition coefficient (Wildman–Crippen LogP) is 5.12. The Morgan fingerprint density at radius 1 is 1.07 bits per heavy atom. The van der Waals surface area contributed by atoms with Crippen LogP contribution in [0.25, 0.3) is 11.3 Å². The number of nitrogens with zero attached hydrogens (tertiary/aromatic N) is 3. The average Bonchev–Trinajstić information content (AvgIpc) is 2.78. The Bertz CT molecular complexity index is 1000. The van der Waals surface area contributed by atoms with Gasteiger partial charge in [0.2, 0.25) is 5.88 Å². The van der Waals surface area contributed by atoms with Crippen LogP contribution in [0.2, 0.25) is 0 Å². The summed E-state index contributed by atoms with van der Waals surface area (Å²) in [6.07, 6.45) is 7.38. The molecule has 2 heterocycles. The van der Waals surface area contributed by atoms with E-state index < -0.39 is 0 Å². The lowest BCUT2D eigenvalue weighted by molar-refractivity contribution is 0.0952. The van der Waals surface area contributed by atoms with E-state index in [0.717, 1.165) is 48.3 Å². The minimum absolute atomic E-state index is 0.0967. The minimum Gasteiger partial charge on any atom is -0.438 e. The van der Waals surface area contributed by atoms with Crippen molar-refractivity contribution in [2.45, 2.75) is 46.5 Å². The van der Waals surface area contributed by atoms with E-state index in [9.17, 15) is 4.79 Å². The van der Waals surface area contributed by atoms with Crippen LogP contribution < -0.4 is 10.1 Å². The number of carbonyl (C=O) groups is 1. The largest absolute Gasteiger partial charge is 0.438 e. The highest BCUT2D eigenvalue weighted by atomic mass is 16.5. The van der Waals surface area contributed by atoms with Gasteiger partial charge in [-0.15, -0.1) is 0 Å². The molecule has 0 atom stereocenters. The number of benzene rings is 1. The molecule has 0 unspecified atom stereocenters. The Morgan fingerprint density at radius 3 is 2.73 bits per heavy atom. The third-order valence-corrected chi connectivity index (χ3v) is 4.79. The molecule has 3 aromatic rings. The fraction of sp³-hybridized carbons (Fsp3) is 0.333. The molecule has 0 spiro atoms. The number of hydrogen-bond acceptors (Lipinski definition) is 5. The minimum atomic E-state index is -0.0967. The van der Waals surface area contributed by atoms with Crippen LogP contribution in [-0.2, 0) is 6.42 Å². The van der Waals surface area contributed by atoms with Gasteiger partial charge in [0.1, 0.15) is 11.6 Å². The van der Waals surface area contributed by atoms with Crippen molar-refractivity contribution in [1.29, 1.82) is 0 Å². The van der Waals surface area contributed by atoms with Crippen molar-refractivity contribution >= 4 is 5.91 Å². The van der Waals surface area contributed by atoms with Gasteiger partial charge in [0.15, 0.2) is 0 Å². The maximum absolute atomic E-state index is 12.5. The van der Waals surface area contributed by atoms with Gasteiger partial charge in [-0.2, -0.15) is 0 Å². The molecule has 6 nitrogen and oxygen atoms in total. The number of amides is 1. The normalized spacial score (nSPS) is 10.6. The predicted molar refractivity (Wildman–Crippen MR) is 118 cm³/mol. The molecule has 6 heteroatoms. The number of nitrogens with one attached hydrogen (secondary N) is 1. The van der Waals surface area contributed by atoms with E-state index in [0.29, 0.717) is 23.7 Å². The lowest BCUT2D eigenvalue weighted by atomic mass is 10.1. The lowest BCUT2D eigenvalue weighted by Crippen LogP contribution is -2.24. The van der Waals surface area contributed by atoms with Gasteiger partial charge >= 0.3 is 0 Å². The highest BCUT2D eigenvalue weighted by molar-refractivity contribution is 5.94. The fourth-order valence-electron chi connectivity index (χ4n) is 3.02. The highest BCUT2D eigenvalue weighted by Crippen LogP contribution is 2.32. The zero-order valence-electron chi connectivity index (χ0n) is 17.8. The zero-order valence-corrected chi connectivity index (χ0v) is 17.8. The summed E-state index contributed by atoms with van der Waals surface area (Å²) in [5.74, 6) is 1.71.